The lowest BCUT2D eigenvalue weighted by Gasteiger charge is -2.22. The highest BCUT2D eigenvalue weighted by Gasteiger charge is 2.21. The molecular weight excluding hydrogens is 300 g/mol. The van der Waals surface area contributed by atoms with Gasteiger partial charge in [0.1, 0.15) is 11.9 Å². The number of hydrogen-bond donors (Lipinski definition) is 2. The molecule has 0 bridgehead atoms. The van der Waals surface area contributed by atoms with Crippen molar-refractivity contribution in [2.45, 2.75) is 19.6 Å². The summed E-state index contributed by atoms with van der Waals surface area (Å²) in [6.45, 7) is 3.79. The minimum atomic E-state index is -0.457. The quantitative estimate of drug-likeness (QED) is 0.844. The van der Waals surface area contributed by atoms with Gasteiger partial charge in [-0.3, -0.25) is 4.79 Å². The zero-order valence-electron chi connectivity index (χ0n) is 12.7. The molecule has 1 unspecified atom stereocenters. The van der Waals surface area contributed by atoms with Crippen molar-refractivity contribution in [2.75, 3.05) is 25.0 Å². The normalized spacial score (nSPS) is 17.7. The number of benzene rings is 1. The highest BCUT2D eigenvalue weighted by atomic mass is 16.5. The standard InChI is InChI=1S/C15H18N4O4/c1-10-17-14(19-23-10)9-22-12-4-2-11(3-5-12)18-15(20)13-8-16-6-7-21-13/h2-5,13,16H,6-9H2,1H3,(H,18,20). The second-order valence-corrected chi connectivity index (χ2v) is 5.10. The summed E-state index contributed by atoms with van der Waals surface area (Å²) in [6, 6.07) is 7.07. The molecule has 2 N–H and O–H groups in total. The van der Waals surface area contributed by atoms with E-state index in [2.05, 4.69) is 20.8 Å². The Kier molecular flexibility index (Phi) is 4.84. The summed E-state index contributed by atoms with van der Waals surface area (Å²) in [4.78, 5) is 16.1. The molecule has 1 amide bonds. The maximum absolute atomic E-state index is 12.0. The highest BCUT2D eigenvalue weighted by molar-refractivity contribution is 5.94. The van der Waals surface area contributed by atoms with Crippen LogP contribution in [0.25, 0.3) is 0 Å². The number of nitrogens with zero attached hydrogens (tertiary/aromatic N) is 2. The van der Waals surface area contributed by atoms with Gasteiger partial charge in [-0.2, -0.15) is 4.98 Å². The SMILES string of the molecule is Cc1nc(COc2ccc(NC(=O)C3CNCCO3)cc2)no1. The minimum Gasteiger partial charge on any atom is -0.485 e. The Labute approximate surface area is 133 Å². The van der Waals surface area contributed by atoms with E-state index in [-0.39, 0.29) is 12.5 Å². The lowest BCUT2D eigenvalue weighted by Crippen LogP contribution is -2.45. The van der Waals surface area contributed by atoms with E-state index in [0.717, 1.165) is 6.54 Å². The molecule has 2 heterocycles. The summed E-state index contributed by atoms with van der Waals surface area (Å²) in [5.74, 6) is 1.48. The lowest BCUT2D eigenvalue weighted by molar-refractivity contribution is -0.128. The number of carbonyl (C=O) groups is 1. The first-order valence-corrected chi connectivity index (χ1v) is 7.36. The van der Waals surface area contributed by atoms with E-state index in [4.69, 9.17) is 14.0 Å². The zero-order valence-corrected chi connectivity index (χ0v) is 12.7. The number of ether oxygens (including phenoxy) is 2. The van der Waals surface area contributed by atoms with Crippen LogP contribution in [-0.2, 0) is 16.1 Å². The number of aryl methyl sites for hydroxylation is 1. The Balaban J connectivity index is 1.51. The van der Waals surface area contributed by atoms with Gasteiger partial charge in [0, 0.05) is 25.7 Å². The van der Waals surface area contributed by atoms with Crippen LogP contribution in [0, 0.1) is 6.92 Å². The molecule has 1 aromatic heterocycles. The molecule has 3 rings (SSSR count). The summed E-state index contributed by atoms with van der Waals surface area (Å²) >= 11 is 0. The molecule has 1 aromatic carbocycles. The van der Waals surface area contributed by atoms with E-state index in [1.54, 1.807) is 31.2 Å². The molecule has 8 heteroatoms. The molecule has 0 spiro atoms. The van der Waals surface area contributed by atoms with E-state index < -0.39 is 6.10 Å². The number of aromatic nitrogens is 2. The molecule has 1 atom stereocenters. The average molecular weight is 318 g/mol. The van der Waals surface area contributed by atoms with Gasteiger partial charge in [0.25, 0.3) is 5.91 Å². The molecule has 122 valence electrons. The van der Waals surface area contributed by atoms with Gasteiger partial charge < -0.3 is 24.6 Å². The molecule has 2 aromatic rings. The van der Waals surface area contributed by atoms with Crippen LogP contribution in [-0.4, -0.2) is 41.8 Å². The molecule has 1 aliphatic rings. The summed E-state index contributed by atoms with van der Waals surface area (Å²) in [6.07, 6.45) is -0.457. The van der Waals surface area contributed by atoms with Crippen LogP contribution in [0.15, 0.2) is 28.8 Å². The summed E-state index contributed by atoms with van der Waals surface area (Å²) in [5, 5.41) is 9.69. The smallest absolute Gasteiger partial charge is 0.254 e. The van der Waals surface area contributed by atoms with Crippen LogP contribution < -0.4 is 15.4 Å². The fraction of sp³-hybridized carbons (Fsp3) is 0.400. The van der Waals surface area contributed by atoms with Crippen molar-refractivity contribution in [3.63, 3.8) is 0 Å². The minimum absolute atomic E-state index is 0.159. The van der Waals surface area contributed by atoms with Crippen LogP contribution in [0.1, 0.15) is 11.7 Å². The van der Waals surface area contributed by atoms with Gasteiger partial charge >= 0.3 is 0 Å². The topological polar surface area (TPSA) is 98.5 Å². The Hall–Kier alpha value is -2.45. The van der Waals surface area contributed by atoms with E-state index in [1.807, 2.05) is 0 Å². The van der Waals surface area contributed by atoms with Crippen molar-refractivity contribution in [1.82, 2.24) is 15.5 Å². The summed E-state index contributed by atoms with van der Waals surface area (Å²) in [5.41, 5.74) is 0.687. The van der Waals surface area contributed by atoms with E-state index in [0.29, 0.717) is 36.3 Å². The van der Waals surface area contributed by atoms with Crippen LogP contribution in [0.4, 0.5) is 5.69 Å². The highest BCUT2D eigenvalue weighted by Crippen LogP contribution is 2.17. The Morgan fingerprint density at radius 1 is 1.43 bits per heavy atom. The summed E-state index contributed by atoms with van der Waals surface area (Å²) in [7, 11) is 0. The maximum Gasteiger partial charge on any atom is 0.254 e. The Morgan fingerprint density at radius 2 is 2.26 bits per heavy atom. The number of carbonyl (C=O) groups excluding carboxylic acids is 1. The zero-order chi connectivity index (χ0) is 16.1. The molecule has 0 radical (unpaired) electrons. The van der Waals surface area contributed by atoms with E-state index >= 15 is 0 Å². The first-order valence-electron chi connectivity index (χ1n) is 7.36. The molecule has 1 aliphatic heterocycles. The average Bonchev–Trinajstić information content (AvgIpc) is 3.00. The van der Waals surface area contributed by atoms with Gasteiger partial charge in [0.2, 0.25) is 11.7 Å². The first kappa shape index (κ1) is 15.4. The van der Waals surface area contributed by atoms with Crippen LogP contribution >= 0.6 is 0 Å². The monoisotopic (exact) mass is 318 g/mol. The van der Waals surface area contributed by atoms with Gasteiger partial charge in [0.15, 0.2) is 6.61 Å². The van der Waals surface area contributed by atoms with Gasteiger partial charge in [-0.15, -0.1) is 0 Å². The van der Waals surface area contributed by atoms with Gasteiger partial charge in [-0.1, -0.05) is 5.16 Å². The van der Waals surface area contributed by atoms with Crippen molar-refractivity contribution in [3.8, 4) is 5.75 Å². The van der Waals surface area contributed by atoms with Gasteiger partial charge in [-0.25, -0.2) is 0 Å². The van der Waals surface area contributed by atoms with Gasteiger partial charge in [0.05, 0.1) is 6.61 Å². The molecule has 1 fully saturated rings. The number of hydrogen-bond acceptors (Lipinski definition) is 7. The number of amides is 1. The molecule has 0 aliphatic carbocycles. The number of anilines is 1. The fourth-order valence-electron chi connectivity index (χ4n) is 2.14. The Bertz CT molecular complexity index is 650. The van der Waals surface area contributed by atoms with Crippen molar-refractivity contribution in [2.24, 2.45) is 0 Å². The third kappa shape index (κ3) is 4.27. The van der Waals surface area contributed by atoms with Crippen molar-refractivity contribution >= 4 is 11.6 Å². The first-order chi connectivity index (χ1) is 11.2. The summed E-state index contributed by atoms with van der Waals surface area (Å²) < 4.78 is 15.8. The maximum atomic E-state index is 12.0. The predicted octanol–water partition coefficient (Wildman–Crippen LogP) is 0.884. The Morgan fingerprint density at radius 3 is 2.91 bits per heavy atom. The molecule has 1 saturated heterocycles. The molecule has 0 saturated carbocycles. The third-order valence-corrected chi connectivity index (χ3v) is 3.28. The molecule has 8 nitrogen and oxygen atoms in total. The van der Waals surface area contributed by atoms with Crippen molar-refractivity contribution < 1.29 is 18.8 Å². The number of nitrogens with one attached hydrogen (secondary N) is 2. The van der Waals surface area contributed by atoms with Crippen LogP contribution in [0.2, 0.25) is 0 Å². The number of rotatable bonds is 5. The van der Waals surface area contributed by atoms with Crippen molar-refractivity contribution in [1.29, 1.82) is 0 Å². The largest absolute Gasteiger partial charge is 0.485 e. The van der Waals surface area contributed by atoms with E-state index in [9.17, 15) is 4.79 Å². The predicted molar refractivity (Wildman–Crippen MR) is 81.0 cm³/mol. The second-order valence-electron chi connectivity index (χ2n) is 5.10. The number of morpholine rings is 1. The molecular formula is C15H18N4O4. The second kappa shape index (κ2) is 7.21. The fourth-order valence-corrected chi connectivity index (χ4v) is 2.14. The van der Waals surface area contributed by atoms with Crippen LogP contribution in [0.3, 0.4) is 0 Å². The van der Waals surface area contributed by atoms with Crippen molar-refractivity contribution in [3.05, 3.63) is 36.0 Å². The third-order valence-electron chi connectivity index (χ3n) is 3.28. The van der Waals surface area contributed by atoms with Crippen LogP contribution in [0.5, 0.6) is 5.75 Å². The van der Waals surface area contributed by atoms with Gasteiger partial charge in [-0.05, 0) is 24.3 Å². The lowest BCUT2D eigenvalue weighted by atomic mass is 10.2. The molecule has 23 heavy (non-hydrogen) atoms. The van der Waals surface area contributed by atoms with E-state index in [1.165, 1.54) is 0 Å².